The van der Waals surface area contributed by atoms with Crippen LogP contribution in [0, 0.1) is 11.7 Å². The third-order valence-corrected chi connectivity index (χ3v) is 4.60. The predicted octanol–water partition coefficient (Wildman–Crippen LogP) is 2.71. The number of halogens is 1. The summed E-state index contributed by atoms with van der Waals surface area (Å²) < 4.78 is 13.4. The summed E-state index contributed by atoms with van der Waals surface area (Å²) in [5.74, 6) is 0.668. The Morgan fingerprint density at radius 3 is 2.76 bits per heavy atom. The van der Waals surface area contributed by atoms with Crippen LogP contribution in [0.3, 0.4) is 0 Å². The van der Waals surface area contributed by atoms with Crippen molar-refractivity contribution in [3.63, 3.8) is 0 Å². The van der Waals surface area contributed by atoms with Crippen LogP contribution in [-0.2, 0) is 6.54 Å². The Morgan fingerprint density at radius 1 is 1.32 bits per heavy atom. The first-order chi connectivity index (χ1) is 12.1. The SMILES string of the molecule is CCNC(=NCc1ccc(O)c(F)c1)NCCCN1CCC(C)CC1. The van der Waals surface area contributed by atoms with E-state index < -0.39 is 5.82 Å². The fourth-order valence-electron chi connectivity index (χ4n) is 2.96. The first-order valence-electron chi connectivity index (χ1n) is 9.30. The molecule has 5 nitrogen and oxygen atoms in total. The van der Waals surface area contributed by atoms with Crippen LogP contribution in [-0.4, -0.2) is 48.7 Å². The van der Waals surface area contributed by atoms with Crippen molar-refractivity contribution in [2.45, 2.75) is 39.7 Å². The lowest BCUT2D eigenvalue weighted by Gasteiger charge is -2.30. The molecule has 25 heavy (non-hydrogen) atoms. The number of nitrogens with one attached hydrogen (secondary N) is 2. The number of aliphatic imine (C=N–C) groups is 1. The maximum absolute atomic E-state index is 13.4. The summed E-state index contributed by atoms with van der Waals surface area (Å²) in [6.07, 6.45) is 3.69. The van der Waals surface area contributed by atoms with Gasteiger partial charge in [-0.3, -0.25) is 0 Å². The van der Waals surface area contributed by atoms with Gasteiger partial charge < -0.3 is 20.6 Å². The van der Waals surface area contributed by atoms with Crippen LogP contribution in [0.1, 0.15) is 38.7 Å². The summed E-state index contributed by atoms with van der Waals surface area (Å²) in [5.41, 5.74) is 0.731. The summed E-state index contributed by atoms with van der Waals surface area (Å²) in [6, 6.07) is 4.36. The van der Waals surface area contributed by atoms with E-state index in [1.807, 2.05) is 6.92 Å². The van der Waals surface area contributed by atoms with Gasteiger partial charge in [-0.25, -0.2) is 9.38 Å². The summed E-state index contributed by atoms with van der Waals surface area (Å²) in [4.78, 5) is 7.01. The molecule has 0 radical (unpaired) electrons. The first kappa shape index (κ1) is 19.5. The van der Waals surface area contributed by atoms with E-state index in [0.29, 0.717) is 6.54 Å². The molecule has 3 N–H and O–H groups in total. The number of rotatable bonds is 7. The molecule has 0 bridgehead atoms. The number of likely N-dealkylation sites (tertiary alicyclic amines) is 1. The first-order valence-corrected chi connectivity index (χ1v) is 9.30. The second-order valence-electron chi connectivity index (χ2n) is 6.79. The van der Waals surface area contributed by atoms with Gasteiger partial charge in [0.2, 0.25) is 0 Å². The maximum Gasteiger partial charge on any atom is 0.191 e. The van der Waals surface area contributed by atoms with E-state index in [1.165, 1.54) is 38.1 Å². The van der Waals surface area contributed by atoms with Crippen LogP contribution in [0.25, 0.3) is 0 Å². The normalized spacial score (nSPS) is 16.8. The highest BCUT2D eigenvalue weighted by molar-refractivity contribution is 5.79. The van der Waals surface area contributed by atoms with Gasteiger partial charge in [0, 0.05) is 13.1 Å². The standard InChI is InChI=1S/C19H31FN4O/c1-3-21-19(23-14-16-5-6-18(25)17(20)13-16)22-9-4-10-24-11-7-15(2)8-12-24/h5-6,13,15,25H,3-4,7-12,14H2,1-2H3,(H2,21,22,23). The van der Waals surface area contributed by atoms with E-state index in [1.54, 1.807) is 6.07 Å². The molecular weight excluding hydrogens is 319 g/mol. The largest absolute Gasteiger partial charge is 0.505 e. The van der Waals surface area contributed by atoms with Crippen molar-refractivity contribution in [2.24, 2.45) is 10.9 Å². The number of phenols is 1. The third kappa shape index (κ3) is 6.90. The number of piperidine rings is 1. The lowest BCUT2D eigenvalue weighted by Crippen LogP contribution is -2.39. The average molecular weight is 350 g/mol. The number of guanidine groups is 1. The van der Waals surface area contributed by atoms with Gasteiger partial charge in [-0.05, 0) is 69.4 Å². The zero-order chi connectivity index (χ0) is 18.1. The molecule has 0 aliphatic carbocycles. The molecule has 0 unspecified atom stereocenters. The van der Waals surface area contributed by atoms with Crippen LogP contribution < -0.4 is 10.6 Å². The van der Waals surface area contributed by atoms with Gasteiger partial charge in [-0.15, -0.1) is 0 Å². The van der Waals surface area contributed by atoms with Gasteiger partial charge >= 0.3 is 0 Å². The molecule has 0 atom stereocenters. The van der Waals surface area contributed by atoms with E-state index in [2.05, 4.69) is 27.4 Å². The van der Waals surface area contributed by atoms with Crippen molar-refractivity contribution < 1.29 is 9.50 Å². The summed E-state index contributed by atoms with van der Waals surface area (Å²) >= 11 is 0. The highest BCUT2D eigenvalue weighted by Gasteiger charge is 2.14. The van der Waals surface area contributed by atoms with Gasteiger partial charge in [-0.1, -0.05) is 13.0 Å². The Kier molecular flexibility index (Phi) is 7.98. The topological polar surface area (TPSA) is 59.9 Å². The zero-order valence-corrected chi connectivity index (χ0v) is 15.4. The number of hydrogen-bond acceptors (Lipinski definition) is 3. The van der Waals surface area contributed by atoms with Gasteiger partial charge in [-0.2, -0.15) is 0 Å². The van der Waals surface area contributed by atoms with Gasteiger partial charge in [0.25, 0.3) is 0 Å². The van der Waals surface area contributed by atoms with E-state index in [0.717, 1.165) is 43.5 Å². The number of phenolic OH excluding ortho intramolecular Hbond substituents is 1. The molecule has 0 spiro atoms. The maximum atomic E-state index is 13.4. The summed E-state index contributed by atoms with van der Waals surface area (Å²) in [6.45, 7) is 9.90. The molecule has 6 heteroatoms. The molecule has 1 aromatic rings. The minimum absolute atomic E-state index is 0.329. The number of benzene rings is 1. The highest BCUT2D eigenvalue weighted by Crippen LogP contribution is 2.17. The van der Waals surface area contributed by atoms with E-state index >= 15 is 0 Å². The smallest absolute Gasteiger partial charge is 0.191 e. The third-order valence-electron chi connectivity index (χ3n) is 4.60. The Balaban J connectivity index is 1.74. The highest BCUT2D eigenvalue weighted by atomic mass is 19.1. The molecule has 1 aliphatic rings. The molecule has 1 aromatic carbocycles. The monoisotopic (exact) mass is 350 g/mol. The van der Waals surface area contributed by atoms with Crippen molar-refractivity contribution in [1.82, 2.24) is 15.5 Å². The minimum Gasteiger partial charge on any atom is -0.505 e. The van der Waals surface area contributed by atoms with Crippen LogP contribution in [0.15, 0.2) is 23.2 Å². The predicted molar refractivity (Wildman–Crippen MR) is 100 cm³/mol. The second kappa shape index (κ2) is 10.2. The Hall–Kier alpha value is -1.82. The van der Waals surface area contributed by atoms with Gasteiger partial charge in [0.15, 0.2) is 17.5 Å². The summed E-state index contributed by atoms with van der Waals surface area (Å²) in [5, 5.41) is 15.8. The molecule has 2 rings (SSSR count). The van der Waals surface area contributed by atoms with Crippen LogP contribution >= 0.6 is 0 Å². The number of hydrogen-bond donors (Lipinski definition) is 3. The minimum atomic E-state index is -0.610. The van der Waals surface area contributed by atoms with Crippen molar-refractivity contribution in [3.05, 3.63) is 29.6 Å². The molecule has 1 heterocycles. The van der Waals surface area contributed by atoms with Crippen molar-refractivity contribution in [1.29, 1.82) is 0 Å². The second-order valence-corrected chi connectivity index (χ2v) is 6.79. The number of aromatic hydroxyl groups is 1. The molecule has 140 valence electrons. The molecule has 0 amide bonds. The van der Waals surface area contributed by atoms with Crippen LogP contribution in [0.2, 0.25) is 0 Å². The fourth-order valence-corrected chi connectivity index (χ4v) is 2.96. The lowest BCUT2D eigenvalue weighted by molar-refractivity contribution is 0.191. The zero-order valence-electron chi connectivity index (χ0n) is 15.4. The quantitative estimate of drug-likeness (QED) is 0.402. The molecule has 1 saturated heterocycles. The van der Waals surface area contributed by atoms with E-state index in [4.69, 9.17) is 0 Å². The van der Waals surface area contributed by atoms with Gasteiger partial charge in [0.05, 0.1) is 6.54 Å². The van der Waals surface area contributed by atoms with E-state index in [9.17, 15) is 9.50 Å². The van der Waals surface area contributed by atoms with Crippen molar-refractivity contribution in [2.75, 3.05) is 32.7 Å². The molecule has 1 fully saturated rings. The molecular formula is C19H31FN4O. The number of nitrogens with zero attached hydrogens (tertiary/aromatic N) is 2. The molecule has 0 aromatic heterocycles. The Bertz CT molecular complexity index is 556. The van der Waals surface area contributed by atoms with Crippen LogP contribution in [0.4, 0.5) is 4.39 Å². The van der Waals surface area contributed by atoms with Crippen molar-refractivity contribution >= 4 is 5.96 Å². The fraction of sp³-hybridized carbons (Fsp3) is 0.632. The van der Waals surface area contributed by atoms with Crippen molar-refractivity contribution in [3.8, 4) is 5.75 Å². The lowest BCUT2D eigenvalue weighted by atomic mass is 9.99. The van der Waals surface area contributed by atoms with E-state index in [-0.39, 0.29) is 5.75 Å². The van der Waals surface area contributed by atoms with Crippen LogP contribution in [0.5, 0.6) is 5.75 Å². The Morgan fingerprint density at radius 2 is 2.08 bits per heavy atom. The molecule has 1 aliphatic heterocycles. The summed E-state index contributed by atoms with van der Waals surface area (Å²) in [7, 11) is 0. The van der Waals surface area contributed by atoms with Gasteiger partial charge in [0.1, 0.15) is 0 Å². The average Bonchev–Trinajstić information content (AvgIpc) is 2.61. The Labute approximate surface area is 150 Å². The molecule has 0 saturated carbocycles.